The highest BCUT2D eigenvalue weighted by Crippen LogP contribution is 2.47. The summed E-state index contributed by atoms with van der Waals surface area (Å²) < 4.78 is 5.59. The van der Waals surface area contributed by atoms with Crippen LogP contribution in [-0.4, -0.2) is 62.5 Å². The molecule has 0 aromatic heterocycles. The Bertz CT molecular complexity index is 674. The molecule has 1 N–H and O–H groups in total. The minimum Gasteiger partial charge on any atom is -0.484 e. The third-order valence-electron chi connectivity index (χ3n) is 5.57. The summed E-state index contributed by atoms with van der Waals surface area (Å²) >= 11 is 0. The second-order valence-electron chi connectivity index (χ2n) is 7.65. The summed E-state index contributed by atoms with van der Waals surface area (Å²) in [5.41, 5.74) is 1.67. The van der Waals surface area contributed by atoms with E-state index in [9.17, 15) is 4.79 Å². The minimum atomic E-state index is -0.0483. The number of carbonyl (C=O) groups is 1. The fourth-order valence-corrected chi connectivity index (χ4v) is 3.73. The highest BCUT2D eigenvalue weighted by atomic mass is 127. The number of carbonyl (C=O) groups excluding carboxylic acids is 1. The predicted molar refractivity (Wildman–Crippen MR) is 119 cm³/mol. The number of guanidine groups is 1. The number of likely N-dealkylation sites (tertiary alicyclic amines) is 1. The van der Waals surface area contributed by atoms with Gasteiger partial charge in [0.25, 0.3) is 5.91 Å². The summed E-state index contributed by atoms with van der Waals surface area (Å²) in [6.07, 6.45) is 5.40. The lowest BCUT2D eigenvalue weighted by Crippen LogP contribution is -2.42. The van der Waals surface area contributed by atoms with Crippen molar-refractivity contribution in [3.05, 3.63) is 29.8 Å². The molecule has 1 amide bonds. The quantitative estimate of drug-likeness (QED) is 0.395. The van der Waals surface area contributed by atoms with Crippen LogP contribution in [0, 0.1) is 5.41 Å². The zero-order chi connectivity index (χ0) is 18.6. The molecule has 150 valence electrons. The molecular formula is C20H31IN4O2. The van der Waals surface area contributed by atoms with E-state index in [0.717, 1.165) is 24.6 Å². The fraction of sp³-hybridized carbons (Fsp3) is 0.600. The Morgan fingerprint density at radius 3 is 2.70 bits per heavy atom. The minimum absolute atomic E-state index is 0. The molecule has 0 atom stereocenters. The van der Waals surface area contributed by atoms with Crippen LogP contribution in [0.2, 0.25) is 0 Å². The average molecular weight is 486 g/mol. The number of hydrogen-bond acceptors (Lipinski definition) is 3. The first kappa shape index (κ1) is 21.8. The lowest BCUT2D eigenvalue weighted by atomic mass is 9.68. The molecule has 1 spiro atoms. The first-order valence-corrected chi connectivity index (χ1v) is 9.39. The largest absolute Gasteiger partial charge is 0.484 e. The number of nitrogens with zero attached hydrogens (tertiary/aromatic N) is 3. The van der Waals surface area contributed by atoms with E-state index >= 15 is 0 Å². The molecule has 1 aliphatic carbocycles. The zero-order valence-corrected chi connectivity index (χ0v) is 18.9. The monoisotopic (exact) mass is 486 g/mol. The van der Waals surface area contributed by atoms with Gasteiger partial charge in [0, 0.05) is 40.8 Å². The lowest BCUT2D eigenvalue weighted by Gasteiger charge is -2.38. The van der Waals surface area contributed by atoms with Crippen LogP contribution < -0.4 is 10.1 Å². The second kappa shape index (κ2) is 9.61. The summed E-state index contributed by atoms with van der Waals surface area (Å²) in [4.78, 5) is 20.0. The number of hydrogen-bond donors (Lipinski definition) is 1. The maximum absolute atomic E-state index is 11.7. The predicted octanol–water partition coefficient (Wildman–Crippen LogP) is 2.72. The Labute approximate surface area is 179 Å². The molecule has 1 aromatic rings. The van der Waals surface area contributed by atoms with Crippen molar-refractivity contribution in [1.29, 1.82) is 0 Å². The number of ether oxygens (including phenoxy) is 1. The Balaban J connectivity index is 0.00000261. The van der Waals surface area contributed by atoms with E-state index < -0.39 is 0 Å². The van der Waals surface area contributed by atoms with Gasteiger partial charge >= 0.3 is 0 Å². The lowest BCUT2D eigenvalue weighted by molar-refractivity contribution is -0.130. The molecule has 6 nitrogen and oxygen atoms in total. The SMILES string of the molecule is CN=C(NCc1cccc(OCC(=O)N(C)C)c1)N1CCC2(CCC2)C1.I. The van der Waals surface area contributed by atoms with Gasteiger partial charge < -0.3 is 19.9 Å². The highest BCUT2D eigenvalue weighted by molar-refractivity contribution is 14.0. The van der Waals surface area contributed by atoms with Gasteiger partial charge in [-0.05, 0) is 42.4 Å². The maximum atomic E-state index is 11.7. The molecule has 2 aliphatic rings. The van der Waals surface area contributed by atoms with Crippen LogP contribution in [0.5, 0.6) is 5.75 Å². The molecule has 7 heteroatoms. The van der Waals surface area contributed by atoms with Gasteiger partial charge in [0.2, 0.25) is 0 Å². The van der Waals surface area contributed by atoms with Gasteiger partial charge in [-0.15, -0.1) is 24.0 Å². The van der Waals surface area contributed by atoms with Crippen molar-refractivity contribution in [3.8, 4) is 5.75 Å². The van der Waals surface area contributed by atoms with Crippen LogP contribution in [0.15, 0.2) is 29.3 Å². The number of rotatable bonds is 5. The molecule has 0 radical (unpaired) electrons. The first-order chi connectivity index (χ1) is 12.5. The van der Waals surface area contributed by atoms with Gasteiger partial charge in [-0.3, -0.25) is 9.79 Å². The highest BCUT2D eigenvalue weighted by Gasteiger charge is 2.43. The standard InChI is InChI=1S/C20H30N4O2.HI/c1-21-19(24-11-10-20(15-24)8-5-9-20)22-13-16-6-4-7-17(12-16)26-14-18(25)23(2)3;/h4,6-7,12H,5,8-11,13-15H2,1-3H3,(H,21,22);1H. The van der Waals surface area contributed by atoms with E-state index in [-0.39, 0.29) is 36.5 Å². The molecule has 3 rings (SSSR count). The van der Waals surface area contributed by atoms with Crippen LogP contribution >= 0.6 is 24.0 Å². The average Bonchev–Trinajstić information content (AvgIpc) is 3.06. The van der Waals surface area contributed by atoms with Gasteiger partial charge in [0.05, 0.1) is 0 Å². The van der Waals surface area contributed by atoms with Gasteiger partial charge in [0.1, 0.15) is 5.75 Å². The van der Waals surface area contributed by atoms with Crippen molar-refractivity contribution in [2.75, 3.05) is 40.8 Å². The summed E-state index contributed by atoms with van der Waals surface area (Å²) in [6.45, 7) is 2.97. The number of halogens is 1. The molecule has 1 saturated heterocycles. The Hall–Kier alpha value is -1.51. The van der Waals surface area contributed by atoms with Crippen LogP contribution in [0.1, 0.15) is 31.2 Å². The number of benzene rings is 1. The van der Waals surface area contributed by atoms with E-state index in [0.29, 0.717) is 17.7 Å². The topological polar surface area (TPSA) is 57.2 Å². The third-order valence-corrected chi connectivity index (χ3v) is 5.57. The maximum Gasteiger partial charge on any atom is 0.259 e. The molecule has 27 heavy (non-hydrogen) atoms. The first-order valence-electron chi connectivity index (χ1n) is 9.39. The van der Waals surface area contributed by atoms with Crippen LogP contribution in [0.4, 0.5) is 0 Å². The summed E-state index contributed by atoms with van der Waals surface area (Å²) in [6, 6.07) is 7.86. The molecule has 1 aromatic carbocycles. The Morgan fingerprint density at radius 2 is 2.11 bits per heavy atom. The van der Waals surface area contributed by atoms with Crippen molar-refractivity contribution in [3.63, 3.8) is 0 Å². The van der Waals surface area contributed by atoms with Crippen LogP contribution in [0.25, 0.3) is 0 Å². The van der Waals surface area contributed by atoms with Crippen molar-refractivity contribution >= 4 is 35.8 Å². The number of nitrogens with one attached hydrogen (secondary N) is 1. The van der Waals surface area contributed by atoms with Crippen molar-refractivity contribution in [1.82, 2.24) is 15.1 Å². The third kappa shape index (κ3) is 5.49. The second-order valence-corrected chi connectivity index (χ2v) is 7.65. The van der Waals surface area contributed by atoms with Crippen LogP contribution in [-0.2, 0) is 11.3 Å². The molecule has 2 fully saturated rings. The molecule has 1 saturated carbocycles. The van der Waals surface area contributed by atoms with Gasteiger partial charge in [-0.1, -0.05) is 18.6 Å². The van der Waals surface area contributed by atoms with Crippen molar-refractivity contribution in [2.45, 2.75) is 32.2 Å². The van der Waals surface area contributed by atoms with E-state index in [1.807, 2.05) is 25.2 Å². The van der Waals surface area contributed by atoms with Gasteiger partial charge in [-0.25, -0.2) is 0 Å². The zero-order valence-electron chi connectivity index (χ0n) is 16.5. The van der Waals surface area contributed by atoms with E-state index in [1.165, 1.54) is 30.6 Å². The van der Waals surface area contributed by atoms with E-state index in [2.05, 4.69) is 21.3 Å². The van der Waals surface area contributed by atoms with Gasteiger partial charge in [-0.2, -0.15) is 0 Å². The van der Waals surface area contributed by atoms with Crippen molar-refractivity contribution in [2.24, 2.45) is 10.4 Å². The van der Waals surface area contributed by atoms with Crippen LogP contribution in [0.3, 0.4) is 0 Å². The van der Waals surface area contributed by atoms with E-state index in [4.69, 9.17) is 4.74 Å². The fourth-order valence-electron chi connectivity index (χ4n) is 3.73. The van der Waals surface area contributed by atoms with Crippen molar-refractivity contribution < 1.29 is 9.53 Å². The summed E-state index contributed by atoms with van der Waals surface area (Å²) in [7, 11) is 5.30. The molecule has 0 bridgehead atoms. The molecule has 1 heterocycles. The Kier molecular flexibility index (Phi) is 7.76. The number of amides is 1. The summed E-state index contributed by atoms with van der Waals surface area (Å²) in [5.74, 6) is 1.64. The number of aliphatic imine (C=N–C) groups is 1. The molecular weight excluding hydrogens is 455 g/mol. The summed E-state index contributed by atoms with van der Waals surface area (Å²) in [5, 5.41) is 3.47. The molecule has 1 aliphatic heterocycles. The Morgan fingerprint density at radius 1 is 1.33 bits per heavy atom. The normalized spacial score (nSPS) is 17.9. The molecule has 0 unspecified atom stereocenters. The smallest absolute Gasteiger partial charge is 0.259 e. The number of likely N-dealkylation sites (N-methyl/N-ethyl adjacent to an activating group) is 1. The van der Waals surface area contributed by atoms with Gasteiger partial charge in [0.15, 0.2) is 12.6 Å². The van der Waals surface area contributed by atoms with E-state index in [1.54, 1.807) is 14.1 Å².